The van der Waals surface area contributed by atoms with Gasteiger partial charge in [-0.3, -0.25) is 4.79 Å². The van der Waals surface area contributed by atoms with Crippen LogP contribution in [0.5, 0.6) is 5.75 Å². The zero-order chi connectivity index (χ0) is 23.6. The van der Waals surface area contributed by atoms with Crippen LogP contribution in [0.15, 0.2) is 40.9 Å². The van der Waals surface area contributed by atoms with E-state index in [0.717, 1.165) is 64.6 Å². The molecule has 4 aromatic rings. The Kier molecular flexibility index (Phi) is 6.75. The van der Waals surface area contributed by atoms with Crippen LogP contribution >= 0.6 is 11.3 Å². The van der Waals surface area contributed by atoms with Gasteiger partial charge in [0.25, 0.3) is 0 Å². The molecule has 0 spiro atoms. The Morgan fingerprint density at radius 3 is 2.70 bits per heavy atom. The molecule has 0 atom stereocenters. The fourth-order valence-corrected chi connectivity index (χ4v) is 5.19. The lowest BCUT2D eigenvalue weighted by atomic mass is 9.89. The van der Waals surface area contributed by atoms with E-state index in [4.69, 9.17) is 14.4 Å². The second-order valence-corrected chi connectivity index (χ2v) is 11.0. The molecule has 2 aromatic heterocycles. The summed E-state index contributed by atoms with van der Waals surface area (Å²) in [6.07, 6.45) is 3.59. The van der Waals surface area contributed by atoms with Gasteiger partial charge in [0.1, 0.15) is 5.75 Å². The van der Waals surface area contributed by atoms with Gasteiger partial charge in [0, 0.05) is 26.9 Å². The Labute approximate surface area is 198 Å². The number of aryl methyl sites for hydroxylation is 1. The predicted molar refractivity (Wildman–Crippen MR) is 134 cm³/mol. The van der Waals surface area contributed by atoms with Gasteiger partial charge in [0.2, 0.25) is 0 Å². The van der Waals surface area contributed by atoms with Gasteiger partial charge >= 0.3 is 5.97 Å². The molecule has 4 rings (SSSR count). The van der Waals surface area contributed by atoms with Crippen molar-refractivity contribution >= 4 is 38.4 Å². The largest absolute Gasteiger partial charge is 0.493 e. The van der Waals surface area contributed by atoms with Crippen molar-refractivity contribution in [1.82, 2.24) is 5.16 Å². The van der Waals surface area contributed by atoms with E-state index in [-0.39, 0.29) is 11.8 Å². The quantitative estimate of drug-likeness (QED) is 0.293. The van der Waals surface area contributed by atoms with Gasteiger partial charge in [-0.2, -0.15) is 0 Å². The summed E-state index contributed by atoms with van der Waals surface area (Å²) >= 11 is 1.73. The highest BCUT2D eigenvalue weighted by Gasteiger charge is 2.20. The van der Waals surface area contributed by atoms with Crippen molar-refractivity contribution in [2.75, 3.05) is 6.61 Å². The predicted octanol–water partition coefficient (Wildman–Crippen LogP) is 6.83. The van der Waals surface area contributed by atoms with E-state index < -0.39 is 5.97 Å². The van der Waals surface area contributed by atoms with Crippen molar-refractivity contribution < 1.29 is 19.2 Å². The number of carboxylic acids is 1. The van der Waals surface area contributed by atoms with Gasteiger partial charge in [0.05, 0.1) is 18.7 Å². The van der Waals surface area contributed by atoms with Gasteiger partial charge < -0.3 is 14.4 Å². The lowest BCUT2D eigenvalue weighted by Gasteiger charge is -2.16. The number of hydrogen-bond acceptors (Lipinski definition) is 5. The van der Waals surface area contributed by atoms with Crippen LogP contribution in [0.2, 0.25) is 0 Å². The molecule has 0 aliphatic rings. The van der Waals surface area contributed by atoms with Gasteiger partial charge in [-0.05, 0) is 59.5 Å². The number of fused-ring (bicyclic) bond motifs is 2. The van der Waals surface area contributed by atoms with E-state index in [1.165, 1.54) is 9.58 Å². The average Bonchev–Trinajstić information content (AvgIpc) is 3.31. The molecule has 0 aliphatic carbocycles. The summed E-state index contributed by atoms with van der Waals surface area (Å²) in [4.78, 5) is 12.2. The number of ether oxygens (including phenoxy) is 1. The maximum absolute atomic E-state index is 11.0. The summed E-state index contributed by atoms with van der Waals surface area (Å²) in [5.41, 5.74) is 3.92. The van der Waals surface area contributed by atoms with Crippen LogP contribution in [-0.2, 0) is 30.5 Å². The zero-order valence-corrected chi connectivity index (χ0v) is 20.6. The number of aromatic nitrogens is 1. The van der Waals surface area contributed by atoms with Crippen molar-refractivity contribution in [2.24, 2.45) is 5.41 Å². The molecule has 0 unspecified atom stereocenters. The lowest BCUT2D eigenvalue weighted by Crippen LogP contribution is -2.09. The Morgan fingerprint density at radius 2 is 1.97 bits per heavy atom. The van der Waals surface area contributed by atoms with Crippen LogP contribution in [0.4, 0.5) is 0 Å². The fraction of sp³-hybridized carbons (Fsp3) is 0.407. The second-order valence-electron chi connectivity index (χ2n) is 9.79. The number of hydrogen-bond donors (Lipinski definition) is 1. The molecule has 0 fully saturated rings. The topological polar surface area (TPSA) is 72.6 Å². The molecule has 0 saturated heterocycles. The van der Waals surface area contributed by atoms with Crippen LogP contribution < -0.4 is 4.74 Å². The highest BCUT2D eigenvalue weighted by molar-refractivity contribution is 7.19. The van der Waals surface area contributed by atoms with Crippen LogP contribution in [0.25, 0.3) is 21.1 Å². The maximum Gasteiger partial charge on any atom is 0.307 e. The molecule has 0 bridgehead atoms. The minimum Gasteiger partial charge on any atom is -0.493 e. The first-order valence-electron chi connectivity index (χ1n) is 11.5. The number of thiophene rings is 1. The van der Waals surface area contributed by atoms with E-state index in [2.05, 4.69) is 51.1 Å². The Morgan fingerprint density at radius 1 is 1.15 bits per heavy atom. The summed E-state index contributed by atoms with van der Waals surface area (Å²) in [5.74, 6) is 0.0583. The monoisotopic (exact) mass is 465 g/mol. The molecular weight excluding hydrogens is 434 g/mol. The van der Waals surface area contributed by atoms with Gasteiger partial charge in [0.15, 0.2) is 5.58 Å². The Hall–Kier alpha value is -2.86. The number of benzene rings is 2. The zero-order valence-electron chi connectivity index (χ0n) is 19.7. The van der Waals surface area contributed by atoms with Crippen molar-refractivity contribution in [3.63, 3.8) is 0 Å². The molecule has 0 aliphatic heterocycles. The van der Waals surface area contributed by atoms with Gasteiger partial charge in [-0.15, -0.1) is 11.3 Å². The molecule has 2 aromatic carbocycles. The van der Waals surface area contributed by atoms with E-state index in [0.29, 0.717) is 6.61 Å². The molecule has 0 saturated carbocycles. The first-order chi connectivity index (χ1) is 15.7. The van der Waals surface area contributed by atoms with Gasteiger partial charge in [-0.25, -0.2) is 0 Å². The highest BCUT2D eigenvalue weighted by atomic mass is 32.1. The van der Waals surface area contributed by atoms with Crippen LogP contribution in [0.1, 0.15) is 55.8 Å². The molecule has 1 N–H and O–H groups in total. The van der Waals surface area contributed by atoms with Crippen molar-refractivity contribution in [3.8, 4) is 5.75 Å². The molecule has 174 valence electrons. The molecule has 33 heavy (non-hydrogen) atoms. The normalized spacial score (nSPS) is 12.0. The third-order valence-corrected chi connectivity index (χ3v) is 6.74. The number of nitrogens with zero attached hydrogens (tertiary/aromatic N) is 1. The van der Waals surface area contributed by atoms with Crippen LogP contribution in [0.3, 0.4) is 0 Å². The van der Waals surface area contributed by atoms with Gasteiger partial charge in [-0.1, -0.05) is 45.3 Å². The van der Waals surface area contributed by atoms with Crippen molar-refractivity contribution in [3.05, 3.63) is 58.1 Å². The summed E-state index contributed by atoms with van der Waals surface area (Å²) in [6.45, 7) is 9.35. The molecule has 2 heterocycles. The van der Waals surface area contributed by atoms with E-state index in [1.807, 2.05) is 18.2 Å². The van der Waals surface area contributed by atoms with E-state index >= 15 is 0 Å². The van der Waals surface area contributed by atoms with Crippen LogP contribution in [0, 0.1) is 5.41 Å². The average molecular weight is 466 g/mol. The second kappa shape index (κ2) is 9.56. The first-order valence-corrected chi connectivity index (χ1v) is 12.3. The summed E-state index contributed by atoms with van der Waals surface area (Å²) in [6, 6.07) is 12.1. The third-order valence-electron chi connectivity index (χ3n) is 5.57. The SMILES string of the molecule is CCCc1c(OCCc2cc3cc(CC(=O)O)ccc3s2)ccc2c(CC(C)(C)C)noc12. The minimum atomic E-state index is -0.810. The summed E-state index contributed by atoms with van der Waals surface area (Å²) in [7, 11) is 0. The standard InChI is InChI=1S/C27H31NO4S/c1-5-6-21-23(9-8-20-22(16-27(2,3)4)28-32-26(20)21)31-12-11-19-15-18-13-17(14-25(29)30)7-10-24(18)33-19/h7-10,13,15H,5-6,11-12,14,16H2,1-4H3,(H,29,30). The first kappa shape index (κ1) is 23.3. The van der Waals surface area contributed by atoms with E-state index in [1.54, 1.807) is 11.3 Å². The number of aliphatic carboxylic acids is 1. The Bertz CT molecular complexity index is 1280. The fourth-order valence-electron chi connectivity index (χ4n) is 4.16. The van der Waals surface area contributed by atoms with E-state index in [9.17, 15) is 4.79 Å². The smallest absolute Gasteiger partial charge is 0.307 e. The lowest BCUT2D eigenvalue weighted by molar-refractivity contribution is -0.136. The molecule has 0 radical (unpaired) electrons. The van der Waals surface area contributed by atoms with Crippen molar-refractivity contribution in [2.45, 2.75) is 59.8 Å². The van der Waals surface area contributed by atoms with Crippen LogP contribution in [-0.4, -0.2) is 22.8 Å². The summed E-state index contributed by atoms with van der Waals surface area (Å²) in [5, 5.41) is 15.6. The molecule has 6 heteroatoms. The molecular formula is C27H31NO4S. The number of rotatable bonds is 9. The molecule has 0 amide bonds. The number of carbonyl (C=O) groups is 1. The molecule has 5 nitrogen and oxygen atoms in total. The third kappa shape index (κ3) is 5.56. The summed E-state index contributed by atoms with van der Waals surface area (Å²) < 4.78 is 13.2. The highest BCUT2D eigenvalue weighted by Crippen LogP contribution is 2.34. The minimum absolute atomic E-state index is 0.0476. The van der Waals surface area contributed by atoms with Crippen molar-refractivity contribution in [1.29, 1.82) is 0 Å². The maximum atomic E-state index is 11.0. The number of carboxylic acid groups (broad SMARTS) is 1. The Balaban J connectivity index is 1.49.